The number of hydrogen-bond acceptors (Lipinski definition) is 4. The molecule has 0 unspecified atom stereocenters. The fraction of sp³-hybridized carbons (Fsp3) is 0.444. The lowest BCUT2D eigenvalue weighted by atomic mass is 10.00. The highest BCUT2D eigenvalue weighted by molar-refractivity contribution is 5.81. The topological polar surface area (TPSA) is 73.4 Å². The van der Waals surface area contributed by atoms with Crippen LogP contribution in [0.15, 0.2) is 24.3 Å². The first-order valence-corrected chi connectivity index (χ1v) is 8.32. The van der Waals surface area contributed by atoms with Crippen LogP contribution in [0, 0.1) is 12.7 Å². The number of ether oxygens (including phenoxy) is 1. The van der Waals surface area contributed by atoms with Crippen LogP contribution in [0.3, 0.4) is 0 Å². The van der Waals surface area contributed by atoms with E-state index in [1.54, 1.807) is 23.9 Å². The monoisotopic (exact) mass is 346 g/mol. The number of primary amides is 1. The standard InChI is InChI=1S/C18H23FN4O2/c1-11-15(18(25-3)22(2)21-11)14-5-4-10-23(14)16(17(20)24)12-6-8-13(19)9-7-12/h6-9,14,16H,4-5,10H2,1-3H3,(H2,20,24)/t14-,16-/m1/s1. The molecular formula is C18H23FN4O2. The third kappa shape index (κ3) is 3.11. The van der Waals surface area contributed by atoms with Crippen LogP contribution in [0.5, 0.6) is 5.88 Å². The summed E-state index contributed by atoms with van der Waals surface area (Å²) >= 11 is 0. The number of nitrogens with zero attached hydrogens (tertiary/aromatic N) is 3. The Labute approximate surface area is 146 Å². The first kappa shape index (κ1) is 17.4. The van der Waals surface area contributed by atoms with Crippen LogP contribution in [-0.4, -0.2) is 34.2 Å². The number of aromatic nitrogens is 2. The predicted molar refractivity (Wildman–Crippen MR) is 91.5 cm³/mol. The van der Waals surface area contributed by atoms with Gasteiger partial charge in [0.25, 0.3) is 0 Å². The molecule has 3 rings (SSSR count). The fourth-order valence-corrected chi connectivity index (χ4v) is 3.85. The Morgan fingerprint density at radius 1 is 1.40 bits per heavy atom. The molecule has 0 radical (unpaired) electrons. The summed E-state index contributed by atoms with van der Waals surface area (Å²) in [6, 6.07) is 5.31. The minimum absolute atomic E-state index is 0.0220. The minimum atomic E-state index is -0.614. The van der Waals surface area contributed by atoms with Gasteiger partial charge in [0.15, 0.2) is 0 Å². The summed E-state index contributed by atoms with van der Waals surface area (Å²) in [7, 11) is 3.45. The van der Waals surface area contributed by atoms with Gasteiger partial charge in [0.1, 0.15) is 11.9 Å². The summed E-state index contributed by atoms with van der Waals surface area (Å²) in [5, 5.41) is 4.45. The van der Waals surface area contributed by atoms with Gasteiger partial charge in [-0.25, -0.2) is 9.07 Å². The van der Waals surface area contributed by atoms with Gasteiger partial charge in [-0.15, -0.1) is 0 Å². The lowest BCUT2D eigenvalue weighted by molar-refractivity contribution is -0.123. The molecule has 2 heterocycles. The van der Waals surface area contributed by atoms with Gasteiger partial charge in [-0.2, -0.15) is 5.10 Å². The van der Waals surface area contributed by atoms with E-state index in [0.29, 0.717) is 11.4 Å². The van der Waals surface area contributed by atoms with Crippen molar-refractivity contribution < 1.29 is 13.9 Å². The zero-order chi connectivity index (χ0) is 18.1. The van der Waals surface area contributed by atoms with Crippen molar-refractivity contribution >= 4 is 5.91 Å². The molecule has 2 aromatic rings. The van der Waals surface area contributed by atoms with Crippen LogP contribution < -0.4 is 10.5 Å². The number of rotatable bonds is 5. The third-order valence-corrected chi connectivity index (χ3v) is 4.82. The van der Waals surface area contributed by atoms with Crippen LogP contribution in [-0.2, 0) is 11.8 Å². The average molecular weight is 346 g/mol. The van der Waals surface area contributed by atoms with Gasteiger partial charge in [-0.3, -0.25) is 9.69 Å². The van der Waals surface area contributed by atoms with E-state index in [-0.39, 0.29) is 11.9 Å². The van der Waals surface area contributed by atoms with E-state index in [1.165, 1.54) is 12.1 Å². The van der Waals surface area contributed by atoms with Crippen molar-refractivity contribution in [2.24, 2.45) is 12.8 Å². The molecule has 2 atom stereocenters. The number of benzene rings is 1. The van der Waals surface area contributed by atoms with Gasteiger partial charge in [0.2, 0.25) is 11.8 Å². The quantitative estimate of drug-likeness (QED) is 0.901. The molecule has 6 nitrogen and oxygen atoms in total. The molecule has 1 aromatic carbocycles. The SMILES string of the molecule is COc1c([C@H]2CCCN2[C@@H](C(N)=O)c2ccc(F)cc2)c(C)nn1C. The molecule has 1 aliphatic heterocycles. The van der Waals surface area contributed by atoms with Gasteiger partial charge in [-0.05, 0) is 44.0 Å². The Morgan fingerprint density at radius 2 is 2.08 bits per heavy atom. The van der Waals surface area contributed by atoms with E-state index < -0.39 is 11.9 Å². The maximum Gasteiger partial charge on any atom is 0.239 e. The molecule has 1 amide bonds. The number of aryl methyl sites for hydroxylation is 2. The average Bonchev–Trinajstić information content (AvgIpc) is 3.12. The fourth-order valence-electron chi connectivity index (χ4n) is 3.85. The Bertz CT molecular complexity index is 772. The van der Waals surface area contributed by atoms with Gasteiger partial charge < -0.3 is 10.5 Å². The molecule has 7 heteroatoms. The van der Waals surface area contributed by atoms with Crippen LogP contribution in [0.25, 0.3) is 0 Å². The summed E-state index contributed by atoms with van der Waals surface area (Å²) in [6.07, 6.45) is 1.82. The number of methoxy groups -OCH3 is 1. The third-order valence-electron chi connectivity index (χ3n) is 4.82. The van der Waals surface area contributed by atoms with E-state index in [4.69, 9.17) is 10.5 Å². The van der Waals surface area contributed by atoms with Crippen LogP contribution in [0.2, 0.25) is 0 Å². The lowest BCUT2D eigenvalue weighted by Crippen LogP contribution is -2.37. The highest BCUT2D eigenvalue weighted by Gasteiger charge is 2.38. The first-order valence-electron chi connectivity index (χ1n) is 8.32. The Balaban J connectivity index is 2.02. The van der Waals surface area contributed by atoms with Crippen molar-refractivity contribution in [1.82, 2.24) is 14.7 Å². The molecule has 0 saturated carbocycles. The van der Waals surface area contributed by atoms with Crippen molar-refractivity contribution in [1.29, 1.82) is 0 Å². The molecule has 134 valence electrons. The van der Waals surface area contributed by atoms with Crippen LogP contribution in [0.1, 0.15) is 41.7 Å². The Kier molecular flexibility index (Phi) is 4.76. The molecule has 1 fully saturated rings. The van der Waals surface area contributed by atoms with Gasteiger partial charge in [0.05, 0.1) is 18.4 Å². The number of amides is 1. The molecule has 0 spiro atoms. The number of halogens is 1. The summed E-state index contributed by atoms with van der Waals surface area (Å²) in [5.41, 5.74) is 8.27. The molecule has 1 aromatic heterocycles. The molecule has 1 saturated heterocycles. The van der Waals surface area contributed by atoms with Crippen LogP contribution >= 0.6 is 0 Å². The smallest absolute Gasteiger partial charge is 0.239 e. The largest absolute Gasteiger partial charge is 0.481 e. The maximum atomic E-state index is 13.3. The lowest BCUT2D eigenvalue weighted by Gasteiger charge is -2.31. The molecule has 2 N–H and O–H groups in total. The van der Waals surface area contributed by atoms with Gasteiger partial charge in [0, 0.05) is 13.1 Å². The zero-order valence-electron chi connectivity index (χ0n) is 14.7. The maximum absolute atomic E-state index is 13.3. The second-order valence-electron chi connectivity index (χ2n) is 6.38. The predicted octanol–water partition coefficient (Wildman–Crippen LogP) is 2.24. The number of hydrogen-bond donors (Lipinski definition) is 1. The van der Waals surface area contributed by atoms with Gasteiger partial charge in [-0.1, -0.05) is 12.1 Å². The van der Waals surface area contributed by atoms with E-state index in [2.05, 4.69) is 10.00 Å². The zero-order valence-corrected chi connectivity index (χ0v) is 14.7. The number of nitrogens with two attached hydrogens (primary N) is 1. The van der Waals surface area contributed by atoms with E-state index in [0.717, 1.165) is 30.6 Å². The molecule has 0 bridgehead atoms. The van der Waals surface area contributed by atoms with Gasteiger partial charge >= 0.3 is 0 Å². The summed E-state index contributed by atoms with van der Waals surface area (Å²) in [5.74, 6) is -0.0922. The summed E-state index contributed by atoms with van der Waals surface area (Å²) in [4.78, 5) is 14.3. The van der Waals surface area contributed by atoms with E-state index in [9.17, 15) is 9.18 Å². The first-order chi connectivity index (χ1) is 11.9. The summed E-state index contributed by atoms with van der Waals surface area (Å²) < 4.78 is 20.5. The highest BCUT2D eigenvalue weighted by atomic mass is 19.1. The van der Waals surface area contributed by atoms with Crippen molar-refractivity contribution in [3.8, 4) is 5.88 Å². The van der Waals surface area contributed by atoms with Crippen molar-refractivity contribution in [2.45, 2.75) is 31.8 Å². The van der Waals surface area contributed by atoms with Crippen LogP contribution in [0.4, 0.5) is 4.39 Å². The minimum Gasteiger partial charge on any atom is -0.481 e. The number of carbonyl (C=O) groups excluding carboxylic acids is 1. The Hall–Kier alpha value is -2.41. The van der Waals surface area contributed by atoms with Crippen molar-refractivity contribution in [3.05, 3.63) is 46.9 Å². The normalized spacial score (nSPS) is 19.1. The molecular weight excluding hydrogens is 323 g/mol. The van der Waals surface area contributed by atoms with Crippen molar-refractivity contribution in [3.63, 3.8) is 0 Å². The summed E-state index contributed by atoms with van der Waals surface area (Å²) in [6.45, 7) is 2.67. The second kappa shape index (κ2) is 6.84. The second-order valence-corrected chi connectivity index (χ2v) is 6.38. The van der Waals surface area contributed by atoms with E-state index in [1.807, 2.05) is 14.0 Å². The van der Waals surface area contributed by atoms with Crippen molar-refractivity contribution in [2.75, 3.05) is 13.7 Å². The number of carbonyl (C=O) groups is 1. The Morgan fingerprint density at radius 3 is 2.68 bits per heavy atom. The van der Waals surface area contributed by atoms with E-state index >= 15 is 0 Å². The highest BCUT2D eigenvalue weighted by Crippen LogP contribution is 2.43. The molecule has 0 aliphatic carbocycles. The molecule has 25 heavy (non-hydrogen) atoms. The molecule has 1 aliphatic rings. The number of likely N-dealkylation sites (tertiary alicyclic amines) is 1.